The third-order valence-corrected chi connectivity index (χ3v) is 5.27. The first-order valence-electron chi connectivity index (χ1n) is 7.85. The number of esters is 1. The lowest BCUT2D eigenvalue weighted by atomic mass is 9.91. The highest BCUT2D eigenvalue weighted by atomic mass is 79.9. The summed E-state index contributed by atoms with van der Waals surface area (Å²) in [4.78, 5) is 27.0. The van der Waals surface area contributed by atoms with Gasteiger partial charge in [-0.3, -0.25) is 4.79 Å². The number of methoxy groups -OCH3 is 2. The van der Waals surface area contributed by atoms with E-state index in [2.05, 4.69) is 15.9 Å². The number of fused-ring (bicyclic) bond motifs is 1. The van der Waals surface area contributed by atoms with Gasteiger partial charge in [-0.05, 0) is 36.8 Å². The summed E-state index contributed by atoms with van der Waals surface area (Å²) in [5.41, 5.74) is -0.00519. The number of benzene rings is 2. The van der Waals surface area contributed by atoms with E-state index in [4.69, 9.17) is 9.47 Å². The smallest absolute Gasteiger partial charge is 0.336 e. The van der Waals surface area contributed by atoms with Crippen molar-refractivity contribution < 1.29 is 23.5 Å². The topological polar surface area (TPSA) is 55.8 Å². The minimum atomic E-state index is -1.37. The van der Waals surface area contributed by atoms with Gasteiger partial charge in [0, 0.05) is 22.1 Å². The molecule has 0 radical (unpaired) electrons. The molecule has 2 aromatic rings. The number of nitrogens with zero attached hydrogens (tertiary/aromatic N) is 1. The van der Waals surface area contributed by atoms with Gasteiger partial charge in [0.1, 0.15) is 11.6 Å². The van der Waals surface area contributed by atoms with E-state index in [-0.39, 0.29) is 12.1 Å². The molecule has 0 bridgehead atoms. The number of rotatable bonds is 4. The van der Waals surface area contributed by atoms with Crippen LogP contribution in [0.1, 0.15) is 28.4 Å². The van der Waals surface area contributed by atoms with Gasteiger partial charge in [-0.25, -0.2) is 9.18 Å². The molecule has 0 saturated heterocycles. The van der Waals surface area contributed by atoms with Crippen molar-refractivity contribution in [3.63, 3.8) is 0 Å². The van der Waals surface area contributed by atoms with Crippen LogP contribution in [0, 0.1) is 5.82 Å². The van der Waals surface area contributed by atoms with Crippen LogP contribution < -0.4 is 4.74 Å². The average molecular weight is 422 g/mol. The molecule has 0 aromatic heterocycles. The fraction of sp³-hybridized carbons (Fsp3) is 0.263. The van der Waals surface area contributed by atoms with Crippen molar-refractivity contribution >= 4 is 27.8 Å². The normalized spacial score (nSPS) is 18.7. The Morgan fingerprint density at radius 3 is 2.46 bits per heavy atom. The van der Waals surface area contributed by atoms with Crippen LogP contribution in [-0.2, 0) is 21.6 Å². The van der Waals surface area contributed by atoms with Crippen LogP contribution in [0.15, 0.2) is 40.9 Å². The predicted octanol–water partition coefficient (Wildman–Crippen LogP) is 3.64. The first-order chi connectivity index (χ1) is 12.3. The van der Waals surface area contributed by atoms with Crippen molar-refractivity contribution in [2.45, 2.75) is 19.0 Å². The molecule has 5 nitrogen and oxygen atoms in total. The zero-order chi connectivity index (χ0) is 19.1. The van der Waals surface area contributed by atoms with Gasteiger partial charge in [-0.1, -0.05) is 28.1 Å². The van der Waals surface area contributed by atoms with Gasteiger partial charge >= 0.3 is 5.97 Å². The molecule has 7 heteroatoms. The average Bonchev–Trinajstić information content (AvgIpc) is 2.84. The Morgan fingerprint density at radius 1 is 1.23 bits per heavy atom. The molecule has 1 atom stereocenters. The first kappa shape index (κ1) is 18.4. The summed E-state index contributed by atoms with van der Waals surface area (Å²) in [6.45, 7) is 1.77. The number of halogens is 2. The second kappa shape index (κ2) is 6.72. The molecule has 0 aliphatic carbocycles. The summed E-state index contributed by atoms with van der Waals surface area (Å²) in [5, 5.41) is 0. The van der Waals surface area contributed by atoms with Gasteiger partial charge in [-0.15, -0.1) is 0 Å². The van der Waals surface area contributed by atoms with Crippen molar-refractivity contribution in [2.75, 3.05) is 14.2 Å². The quantitative estimate of drug-likeness (QED) is 0.707. The maximum atomic E-state index is 13.8. The molecule has 1 aliphatic rings. The molecule has 0 spiro atoms. The van der Waals surface area contributed by atoms with Gasteiger partial charge in [0.2, 0.25) is 0 Å². The zero-order valence-corrected chi connectivity index (χ0v) is 16.1. The van der Waals surface area contributed by atoms with E-state index in [9.17, 15) is 14.0 Å². The highest BCUT2D eigenvalue weighted by molar-refractivity contribution is 9.10. The van der Waals surface area contributed by atoms with Crippen LogP contribution in [0.2, 0.25) is 0 Å². The SMILES string of the molecule is COC(=O)C1(C)c2c(Br)cc(F)cc2C(=O)N1Cc1ccc(OC)cc1. The van der Waals surface area contributed by atoms with Gasteiger partial charge in [0.05, 0.1) is 14.2 Å². The van der Waals surface area contributed by atoms with Crippen molar-refractivity contribution in [2.24, 2.45) is 0 Å². The molecule has 3 rings (SSSR count). The molecule has 0 saturated carbocycles. The van der Waals surface area contributed by atoms with E-state index < -0.39 is 23.2 Å². The third kappa shape index (κ3) is 2.76. The van der Waals surface area contributed by atoms with Gasteiger partial charge in [0.15, 0.2) is 5.54 Å². The molecule has 26 heavy (non-hydrogen) atoms. The summed E-state index contributed by atoms with van der Waals surface area (Å²) in [5.74, 6) is -0.887. The fourth-order valence-corrected chi connectivity index (χ4v) is 4.09. The minimum absolute atomic E-state index is 0.151. The molecule has 1 unspecified atom stereocenters. The monoisotopic (exact) mass is 421 g/mol. The molecule has 0 N–H and O–H groups in total. The number of ether oxygens (including phenoxy) is 2. The summed E-state index contributed by atoms with van der Waals surface area (Å²) < 4.78 is 24.3. The Balaban J connectivity index is 2.10. The van der Waals surface area contributed by atoms with Crippen LogP contribution >= 0.6 is 15.9 Å². The van der Waals surface area contributed by atoms with Crippen molar-refractivity contribution in [1.82, 2.24) is 4.90 Å². The van der Waals surface area contributed by atoms with Crippen LogP contribution in [0.3, 0.4) is 0 Å². The van der Waals surface area contributed by atoms with Crippen molar-refractivity contribution in [3.8, 4) is 5.75 Å². The Morgan fingerprint density at radius 2 is 1.88 bits per heavy atom. The number of carbonyl (C=O) groups excluding carboxylic acids is 2. The molecule has 1 amide bonds. The highest BCUT2D eigenvalue weighted by Gasteiger charge is 2.53. The first-order valence-corrected chi connectivity index (χ1v) is 8.65. The molecule has 0 fully saturated rings. The van der Waals surface area contributed by atoms with Crippen LogP contribution in [0.4, 0.5) is 4.39 Å². The number of hydrogen-bond acceptors (Lipinski definition) is 4. The largest absolute Gasteiger partial charge is 0.497 e. The zero-order valence-electron chi connectivity index (χ0n) is 14.5. The van der Waals surface area contributed by atoms with Crippen LogP contribution in [-0.4, -0.2) is 31.0 Å². The maximum Gasteiger partial charge on any atom is 0.336 e. The summed E-state index contributed by atoms with van der Waals surface area (Å²) in [6.07, 6.45) is 0. The van der Waals surface area contributed by atoms with Gasteiger partial charge in [-0.2, -0.15) is 0 Å². The summed E-state index contributed by atoms with van der Waals surface area (Å²) in [6, 6.07) is 9.55. The summed E-state index contributed by atoms with van der Waals surface area (Å²) in [7, 11) is 2.83. The van der Waals surface area contributed by atoms with Crippen LogP contribution in [0.5, 0.6) is 5.75 Å². The van der Waals surface area contributed by atoms with Crippen molar-refractivity contribution in [1.29, 1.82) is 0 Å². The standard InChI is InChI=1S/C19H17BrFNO4/c1-19(18(24)26-3)16-14(8-12(21)9-15(16)20)17(23)22(19)10-11-4-6-13(25-2)7-5-11/h4-9H,10H2,1-3H3. The Hall–Kier alpha value is -2.41. The minimum Gasteiger partial charge on any atom is -0.497 e. The molecule has 136 valence electrons. The Labute approximate surface area is 158 Å². The Kier molecular flexibility index (Phi) is 4.75. The van der Waals surface area contributed by atoms with Gasteiger partial charge < -0.3 is 14.4 Å². The number of hydrogen-bond donors (Lipinski definition) is 0. The van der Waals surface area contributed by atoms with Gasteiger partial charge in [0.25, 0.3) is 5.91 Å². The molecule has 2 aromatic carbocycles. The van der Waals surface area contributed by atoms with Crippen molar-refractivity contribution in [3.05, 3.63) is 63.4 Å². The molecular formula is C19H17BrFNO4. The second-order valence-electron chi connectivity index (χ2n) is 6.11. The van der Waals surface area contributed by atoms with Crippen LogP contribution in [0.25, 0.3) is 0 Å². The van der Waals surface area contributed by atoms with E-state index in [0.717, 1.165) is 11.6 Å². The second-order valence-corrected chi connectivity index (χ2v) is 6.97. The third-order valence-electron chi connectivity index (χ3n) is 4.64. The highest BCUT2D eigenvalue weighted by Crippen LogP contribution is 2.45. The lowest BCUT2D eigenvalue weighted by Gasteiger charge is -2.33. The molecular weight excluding hydrogens is 405 g/mol. The predicted molar refractivity (Wildman–Crippen MR) is 96.3 cm³/mol. The lowest BCUT2D eigenvalue weighted by Crippen LogP contribution is -2.47. The van der Waals surface area contributed by atoms with E-state index in [0.29, 0.717) is 15.8 Å². The van der Waals surface area contributed by atoms with E-state index >= 15 is 0 Å². The molecule has 1 aliphatic heterocycles. The Bertz CT molecular complexity index is 884. The lowest BCUT2D eigenvalue weighted by molar-refractivity contribution is -0.153. The van der Waals surface area contributed by atoms with E-state index in [1.807, 2.05) is 12.1 Å². The number of amides is 1. The summed E-state index contributed by atoms with van der Waals surface area (Å²) >= 11 is 3.29. The van der Waals surface area contributed by atoms with E-state index in [1.54, 1.807) is 26.2 Å². The van der Waals surface area contributed by atoms with E-state index in [1.165, 1.54) is 18.1 Å². The number of carbonyl (C=O) groups is 2. The fourth-order valence-electron chi connectivity index (χ4n) is 3.27. The molecule has 1 heterocycles. The maximum absolute atomic E-state index is 13.8.